The smallest absolute Gasteiger partial charge is 0.211 e. The second kappa shape index (κ2) is 6.89. The van der Waals surface area contributed by atoms with E-state index in [0.29, 0.717) is 13.1 Å². The Morgan fingerprint density at radius 2 is 2.25 bits per heavy atom. The van der Waals surface area contributed by atoms with Gasteiger partial charge < -0.3 is 5.32 Å². The highest BCUT2D eigenvalue weighted by atomic mass is 32.2. The van der Waals surface area contributed by atoms with Crippen LogP contribution in [-0.2, 0) is 16.6 Å². The van der Waals surface area contributed by atoms with E-state index in [2.05, 4.69) is 19.6 Å². The summed E-state index contributed by atoms with van der Waals surface area (Å²) in [5.41, 5.74) is 0.916. The monoisotopic (exact) mass is 264 g/mol. The molecule has 0 unspecified atom stereocenters. The van der Waals surface area contributed by atoms with Crippen LogP contribution in [0.3, 0.4) is 0 Å². The largest absolute Gasteiger partial charge is 0.311 e. The summed E-state index contributed by atoms with van der Waals surface area (Å²) in [6.07, 6.45) is 0.761. The minimum atomic E-state index is -3.05. The molecular formula is C8H16N4O2S2. The summed E-state index contributed by atoms with van der Waals surface area (Å²) in [4.78, 5) is 0. The summed E-state index contributed by atoms with van der Waals surface area (Å²) in [7, 11) is -3.05. The van der Waals surface area contributed by atoms with Gasteiger partial charge in [-0.3, -0.25) is 0 Å². The third-order valence-electron chi connectivity index (χ3n) is 1.94. The zero-order valence-corrected chi connectivity index (χ0v) is 10.8. The predicted octanol–water partition coefficient (Wildman–Crippen LogP) is -0.0429. The van der Waals surface area contributed by atoms with E-state index in [1.807, 2.05) is 5.38 Å². The number of nitrogens with one attached hydrogen (secondary N) is 2. The Morgan fingerprint density at radius 3 is 2.88 bits per heavy atom. The molecule has 0 aliphatic heterocycles. The van der Waals surface area contributed by atoms with E-state index in [9.17, 15) is 8.42 Å². The van der Waals surface area contributed by atoms with E-state index in [1.54, 1.807) is 6.92 Å². The van der Waals surface area contributed by atoms with Crippen molar-refractivity contribution in [2.24, 2.45) is 0 Å². The fourth-order valence-electron chi connectivity index (χ4n) is 1.02. The normalized spacial score (nSPS) is 11.8. The molecule has 0 spiro atoms. The predicted molar refractivity (Wildman–Crippen MR) is 63.7 cm³/mol. The van der Waals surface area contributed by atoms with Gasteiger partial charge in [-0.2, -0.15) is 0 Å². The van der Waals surface area contributed by atoms with Crippen molar-refractivity contribution in [1.29, 1.82) is 0 Å². The molecule has 0 saturated carbocycles. The molecule has 0 aliphatic rings. The van der Waals surface area contributed by atoms with Gasteiger partial charge in [0.05, 0.1) is 11.4 Å². The summed E-state index contributed by atoms with van der Waals surface area (Å²) in [5.74, 6) is 0.130. The van der Waals surface area contributed by atoms with E-state index in [1.165, 1.54) is 11.5 Å². The molecule has 1 aromatic heterocycles. The Labute approximate surface area is 99.7 Å². The summed E-state index contributed by atoms with van der Waals surface area (Å²) < 4.78 is 28.4. The van der Waals surface area contributed by atoms with Gasteiger partial charge in [0.1, 0.15) is 0 Å². The summed E-state index contributed by atoms with van der Waals surface area (Å²) in [5, 5.41) is 8.92. The molecule has 2 N–H and O–H groups in total. The lowest BCUT2D eigenvalue weighted by Crippen LogP contribution is -2.28. The van der Waals surface area contributed by atoms with Crippen LogP contribution in [0, 0.1) is 0 Å². The summed E-state index contributed by atoms with van der Waals surface area (Å²) in [6.45, 7) is 3.52. The average Bonchev–Trinajstić information content (AvgIpc) is 2.76. The van der Waals surface area contributed by atoms with E-state index in [0.717, 1.165) is 18.7 Å². The third-order valence-corrected chi connectivity index (χ3v) is 3.90. The highest BCUT2D eigenvalue weighted by molar-refractivity contribution is 7.89. The minimum absolute atomic E-state index is 0.130. The maximum absolute atomic E-state index is 11.1. The number of nitrogens with zero attached hydrogens (tertiary/aromatic N) is 2. The van der Waals surface area contributed by atoms with Crippen molar-refractivity contribution in [3.05, 3.63) is 11.1 Å². The molecule has 0 bridgehead atoms. The fourth-order valence-corrected chi connectivity index (χ4v) is 2.13. The second-order valence-corrected chi connectivity index (χ2v) is 5.93. The van der Waals surface area contributed by atoms with Crippen LogP contribution >= 0.6 is 11.5 Å². The highest BCUT2D eigenvalue weighted by Crippen LogP contribution is 1.95. The van der Waals surface area contributed by atoms with Gasteiger partial charge in [-0.25, -0.2) is 13.1 Å². The van der Waals surface area contributed by atoms with Crippen molar-refractivity contribution in [2.75, 3.05) is 18.8 Å². The molecule has 0 aliphatic carbocycles. The van der Waals surface area contributed by atoms with E-state index < -0.39 is 10.0 Å². The molecule has 0 radical (unpaired) electrons. The van der Waals surface area contributed by atoms with Gasteiger partial charge in [-0.15, -0.1) is 5.10 Å². The van der Waals surface area contributed by atoms with E-state index in [4.69, 9.17) is 0 Å². The molecule has 0 amide bonds. The van der Waals surface area contributed by atoms with Crippen LogP contribution < -0.4 is 10.0 Å². The first-order chi connectivity index (χ1) is 7.64. The molecule has 8 heteroatoms. The number of hydrogen-bond acceptors (Lipinski definition) is 6. The molecule has 1 aromatic rings. The van der Waals surface area contributed by atoms with Gasteiger partial charge in [0.25, 0.3) is 0 Å². The number of rotatable bonds is 8. The second-order valence-electron chi connectivity index (χ2n) is 3.22. The van der Waals surface area contributed by atoms with Gasteiger partial charge in [0.15, 0.2) is 0 Å². The van der Waals surface area contributed by atoms with Gasteiger partial charge in [0, 0.05) is 18.5 Å². The Hall–Kier alpha value is -0.570. The van der Waals surface area contributed by atoms with Crippen LogP contribution in [0.25, 0.3) is 0 Å². The molecule has 92 valence electrons. The lowest BCUT2D eigenvalue weighted by Gasteiger charge is -2.04. The Morgan fingerprint density at radius 1 is 1.44 bits per heavy atom. The van der Waals surface area contributed by atoms with Gasteiger partial charge in [0.2, 0.25) is 10.0 Å². The Kier molecular flexibility index (Phi) is 5.81. The molecule has 1 rings (SSSR count). The van der Waals surface area contributed by atoms with Crippen LogP contribution in [0.4, 0.5) is 0 Å². The van der Waals surface area contributed by atoms with Crippen molar-refractivity contribution < 1.29 is 8.42 Å². The molecule has 1 heterocycles. The molecule has 6 nitrogen and oxygen atoms in total. The van der Waals surface area contributed by atoms with Crippen molar-refractivity contribution >= 4 is 21.6 Å². The zero-order chi connectivity index (χ0) is 11.9. The van der Waals surface area contributed by atoms with Gasteiger partial charge in [-0.1, -0.05) is 4.49 Å². The van der Waals surface area contributed by atoms with Crippen molar-refractivity contribution in [3.63, 3.8) is 0 Å². The first-order valence-corrected chi connectivity index (χ1v) is 7.57. The van der Waals surface area contributed by atoms with E-state index in [-0.39, 0.29) is 5.75 Å². The SMILES string of the molecule is CCS(=O)(=O)NCCCNCc1csnn1. The summed E-state index contributed by atoms with van der Waals surface area (Å²) in [6, 6.07) is 0. The standard InChI is InChI=1S/C8H16N4O2S2/c1-2-16(13,14)10-5-3-4-9-6-8-7-15-12-11-8/h7,9-10H,2-6H2,1H3. The molecule has 0 fully saturated rings. The Balaban J connectivity index is 2.01. The minimum Gasteiger partial charge on any atom is -0.311 e. The van der Waals surface area contributed by atoms with Crippen molar-refractivity contribution in [3.8, 4) is 0 Å². The average molecular weight is 264 g/mol. The topological polar surface area (TPSA) is 84.0 Å². The van der Waals surface area contributed by atoms with Gasteiger partial charge in [-0.05, 0) is 31.4 Å². The lowest BCUT2D eigenvalue weighted by atomic mass is 10.4. The molecular weight excluding hydrogens is 248 g/mol. The quantitative estimate of drug-likeness (QED) is 0.644. The zero-order valence-electron chi connectivity index (χ0n) is 9.14. The van der Waals surface area contributed by atoms with Crippen LogP contribution in [0.5, 0.6) is 0 Å². The number of hydrogen-bond donors (Lipinski definition) is 2. The van der Waals surface area contributed by atoms with Crippen LogP contribution in [-0.4, -0.2) is 36.8 Å². The highest BCUT2D eigenvalue weighted by Gasteiger charge is 2.03. The number of sulfonamides is 1. The van der Waals surface area contributed by atoms with Crippen LogP contribution in [0.1, 0.15) is 19.0 Å². The summed E-state index contributed by atoms with van der Waals surface area (Å²) >= 11 is 1.32. The first kappa shape index (κ1) is 13.5. The maximum Gasteiger partial charge on any atom is 0.211 e. The van der Waals surface area contributed by atoms with Crippen LogP contribution in [0.15, 0.2) is 5.38 Å². The molecule has 16 heavy (non-hydrogen) atoms. The van der Waals surface area contributed by atoms with Crippen molar-refractivity contribution in [1.82, 2.24) is 19.6 Å². The third kappa shape index (κ3) is 5.50. The molecule has 0 aromatic carbocycles. The molecule has 0 saturated heterocycles. The lowest BCUT2D eigenvalue weighted by molar-refractivity contribution is 0.574. The first-order valence-electron chi connectivity index (χ1n) is 5.08. The van der Waals surface area contributed by atoms with Gasteiger partial charge >= 0.3 is 0 Å². The number of aromatic nitrogens is 2. The fraction of sp³-hybridized carbons (Fsp3) is 0.750. The maximum atomic E-state index is 11.1. The Bertz CT molecular complexity index is 377. The van der Waals surface area contributed by atoms with Crippen LogP contribution in [0.2, 0.25) is 0 Å². The van der Waals surface area contributed by atoms with Crippen molar-refractivity contribution in [2.45, 2.75) is 19.9 Å². The van der Waals surface area contributed by atoms with E-state index >= 15 is 0 Å². The molecule has 0 atom stereocenters.